The average Bonchev–Trinajstić information content (AvgIpc) is 2.63. The molecule has 2 N–H and O–H groups in total. The van der Waals surface area contributed by atoms with Crippen LogP contribution in [-0.2, 0) is 12.8 Å². The molecule has 0 heterocycles. The second-order valence-corrected chi connectivity index (χ2v) is 5.83. The van der Waals surface area contributed by atoms with Crippen LogP contribution in [0.5, 0.6) is 0 Å². The molecule has 0 atom stereocenters. The van der Waals surface area contributed by atoms with Crippen LogP contribution in [0, 0.1) is 11.3 Å². The summed E-state index contributed by atoms with van der Waals surface area (Å²) >= 11 is 0. The second-order valence-electron chi connectivity index (χ2n) is 5.83. The normalized spacial score (nSPS) is 8.96. The van der Waals surface area contributed by atoms with E-state index in [1.54, 1.807) is 0 Å². The summed E-state index contributed by atoms with van der Waals surface area (Å²) in [6, 6.07) is 6.47. The fraction of sp³-hybridized carbons (Fsp3) is 0.682. The molecule has 0 fully saturated rings. The largest absolute Gasteiger partial charge is 0.323 e. The molecule has 2 heteroatoms. The maximum absolute atomic E-state index is 7.85. The van der Waals surface area contributed by atoms with Crippen LogP contribution in [0.2, 0.25) is 0 Å². The number of hydrogen-bond acceptors (Lipinski definition) is 2. The highest BCUT2D eigenvalue weighted by Crippen LogP contribution is 2.15. The lowest BCUT2D eigenvalue weighted by molar-refractivity contribution is 0.626. The molecule has 0 unspecified atom stereocenters. The van der Waals surface area contributed by atoms with Gasteiger partial charge < -0.3 is 10.7 Å². The van der Waals surface area contributed by atoms with E-state index in [-0.39, 0.29) is 0 Å². The minimum absolute atomic E-state index is 0.754. The van der Waals surface area contributed by atoms with Crippen molar-refractivity contribution in [2.45, 2.75) is 81.1 Å². The maximum Gasteiger partial charge on any atom is 0.0386 e. The zero-order chi connectivity index (χ0) is 19.5. The van der Waals surface area contributed by atoms with Gasteiger partial charge in [0.15, 0.2) is 0 Å². The van der Waals surface area contributed by atoms with Gasteiger partial charge in [0, 0.05) is 5.71 Å². The Balaban J connectivity index is -0.000000368. The molecule has 1 aromatic rings. The van der Waals surface area contributed by atoms with Crippen molar-refractivity contribution in [1.29, 1.82) is 5.41 Å². The van der Waals surface area contributed by atoms with Gasteiger partial charge in [-0.3, -0.25) is 0 Å². The van der Waals surface area contributed by atoms with Gasteiger partial charge in [-0.05, 0) is 56.0 Å². The highest BCUT2D eigenvalue weighted by molar-refractivity contribution is 5.99. The van der Waals surface area contributed by atoms with Gasteiger partial charge in [0.05, 0.1) is 0 Å². The third kappa shape index (κ3) is 14.4. The summed E-state index contributed by atoms with van der Waals surface area (Å²) in [6.07, 6.45) is 4.22. The Morgan fingerprint density at radius 2 is 1.46 bits per heavy atom. The van der Waals surface area contributed by atoms with Crippen molar-refractivity contribution in [1.82, 2.24) is 5.32 Å². The fourth-order valence-corrected chi connectivity index (χ4v) is 1.64. The van der Waals surface area contributed by atoms with Crippen LogP contribution in [0.1, 0.15) is 84.9 Å². The topological polar surface area (TPSA) is 35.9 Å². The molecule has 0 aromatic heterocycles. The number of benzene rings is 1. The standard InChI is InChI=1S/C13H19N.C5H12.C2H7N.C2H6/c1-4-10-7-8-12(13(14)6-3)11(5-2)9-10;1-4-5(2)3;1-3-2;1-2/h7-9,14H,4-6H2,1-3H3;5H,4H2,1-3H3;3H,1-2H3;1-2H3. The van der Waals surface area contributed by atoms with Crippen LogP contribution in [0.4, 0.5) is 0 Å². The molecule has 0 amide bonds. The molecule has 1 aromatic carbocycles. The van der Waals surface area contributed by atoms with E-state index in [2.05, 4.69) is 58.1 Å². The average molecular weight is 337 g/mol. The lowest BCUT2D eigenvalue weighted by Crippen LogP contribution is -2.02. The fourth-order valence-electron chi connectivity index (χ4n) is 1.64. The van der Waals surface area contributed by atoms with Crippen molar-refractivity contribution in [3.05, 3.63) is 34.9 Å². The predicted octanol–water partition coefficient (Wildman–Crippen LogP) is 6.50. The van der Waals surface area contributed by atoms with E-state index < -0.39 is 0 Å². The lowest BCUT2D eigenvalue weighted by Gasteiger charge is -2.09. The quantitative estimate of drug-likeness (QED) is 0.591. The SMILES string of the molecule is CC.CCC(=N)c1ccc(CC)cc1CC.CCC(C)C.CNC. The van der Waals surface area contributed by atoms with Crippen LogP contribution in [0.25, 0.3) is 0 Å². The monoisotopic (exact) mass is 336 g/mol. The zero-order valence-electron chi connectivity index (χ0n) is 18.1. The first-order valence-corrected chi connectivity index (χ1v) is 9.69. The second kappa shape index (κ2) is 19.9. The van der Waals surface area contributed by atoms with Crippen LogP contribution >= 0.6 is 0 Å². The highest BCUT2D eigenvalue weighted by Gasteiger charge is 2.05. The van der Waals surface area contributed by atoms with Gasteiger partial charge in [0.2, 0.25) is 0 Å². The molecule has 0 spiro atoms. The number of aryl methyl sites for hydroxylation is 2. The van der Waals surface area contributed by atoms with E-state index in [1.165, 1.54) is 17.5 Å². The number of nitrogens with one attached hydrogen (secondary N) is 2. The van der Waals surface area contributed by atoms with Gasteiger partial charge in [0.25, 0.3) is 0 Å². The van der Waals surface area contributed by atoms with Crippen LogP contribution in [0.3, 0.4) is 0 Å². The summed E-state index contributed by atoms with van der Waals surface area (Å²) in [4.78, 5) is 0. The molecule has 0 bridgehead atoms. The Kier molecular flexibility index (Phi) is 23.0. The third-order valence-corrected chi connectivity index (χ3v) is 3.45. The van der Waals surface area contributed by atoms with E-state index in [9.17, 15) is 0 Å². The molecule has 24 heavy (non-hydrogen) atoms. The summed E-state index contributed by atoms with van der Waals surface area (Å²) in [7, 11) is 3.75. The van der Waals surface area contributed by atoms with Crippen molar-refractivity contribution in [2.75, 3.05) is 14.1 Å². The molecular weight excluding hydrogens is 292 g/mol. The molecule has 2 nitrogen and oxygen atoms in total. The van der Waals surface area contributed by atoms with Crippen molar-refractivity contribution in [2.24, 2.45) is 5.92 Å². The van der Waals surface area contributed by atoms with Gasteiger partial charge in [-0.1, -0.05) is 80.0 Å². The van der Waals surface area contributed by atoms with Gasteiger partial charge in [-0.25, -0.2) is 0 Å². The molecule has 0 saturated carbocycles. The van der Waals surface area contributed by atoms with Crippen LogP contribution in [0.15, 0.2) is 18.2 Å². The summed E-state index contributed by atoms with van der Waals surface area (Å²) < 4.78 is 0. The Morgan fingerprint density at radius 3 is 1.75 bits per heavy atom. The van der Waals surface area contributed by atoms with Gasteiger partial charge in [-0.15, -0.1) is 0 Å². The lowest BCUT2D eigenvalue weighted by atomic mass is 9.96. The van der Waals surface area contributed by atoms with E-state index >= 15 is 0 Å². The Labute approximate surface area is 153 Å². The van der Waals surface area contributed by atoms with Crippen molar-refractivity contribution >= 4 is 5.71 Å². The molecule has 0 aliphatic carbocycles. The maximum atomic E-state index is 7.85. The summed E-state index contributed by atoms with van der Waals surface area (Å²) in [5.41, 5.74) is 4.57. The van der Waals surface area contributed by atoms with Gasteiger partial charge in [-0.2, -0.15) is 0 Å². The minimum atomic E-state index is 0.754. The van der Waals surface area contributed by atoms with E-state index in [1.807, 2.05) is 34.9 Å². The van der Waals surface area contributed by atoms with Gasteiger partial charge in [0.1, 0.15) is 0 Å². The minimum Gasteiger partial charge on any atom is -0.323 e. The Hall–Kier alpha value is -1.15. The molecule has 142 valence electrons. The molecule has 0 radical (unpaired) electrons. The van der Waals surface area contributed by atoms with Crippen LogP contribution in [-0.4, -0.2) is 19.8 Å². The molecule has 0 aliphatic rings. The van der Waals surface area contributed by atoms with Crippen molar-refractivity contribution in [3.63, 3.8) is 0 Å². The molecule has 1 rings (SSSR count). The summed E-state index contributed by atoms with van der Waals surface area (Å²) in [5, 5.41) is 10.6. The summed E-state index contributed by atoms with van der Waals surface area (Å²) in [6.45, 7) is 17.0. The van der Waals surface area contributed by atoms with E-state index in [0.29, 0.717) is 0 Å². The van der Waals surface area contributed by atoms with E-state index in [0.717, 1.165) is 36.5 Å². The zero-order valence-corrected chi connectivity index (χ0v) is 18.1. The molecular formula is C22H44N2. The van der Waals surface area contributed by atoms with Gasteiger partial charge >= 0.3 is 0 Å². The Morgan fingerprint density at radius 1 is 1.00 bits per heavy atom. The predicted molar refractivity (Wildman–Crippen MR) is 114 cm³/mol. The molecule has 0 saturated heterocycles. The number of hydrogen-bond donors (Lipinski definition) is 2. The van der Waals surface area contributed by atoms with Crippen LogP contribution < -0.4 is 5.32 Å². The smallest absolute Gasteiger partial charge is 0.0386 e. The highest BCUT2D eigenvalue weighted by atomic mass is 14.7. The van der Waals surface area contributed by atoms with Crippen molar-refractivity contribution in [3.8, 4) is 0 Å². The summed E-state index contributed by atoms with van der Waals surface area (Å²) in [5.74, 6) is 0.884. The van der Waals surface area contributed by atoms with E-state index in [4.69, 9.17) is 5.41 Å². The first-order chi connectivity index (χ1) is 11.4. The molecule has 0 aliphatic heterocycles. The Bertz CT molecular complexity index is 395. The first-order valence-electron chi connectivity index (χ1n) is 9.69. The van der Waals surface area contributed by atoms with Crippen molar-refractivity contribution < 1.29 is 0 Å². The first kappa shape index (κ1) is 27.7. The third-order valence-electron chi connectivity index (χ3n) is 3.45. The number of rotatable bonds is 5.